The average molecular weight is 159 g/mol. The van der Waals surface area contributed by atoms with Crippen molar-refractivity contribution in [2.24, 2.45) is 4.99 Å². The predicted molar refractivity (Wildman–Crippen MR) is 46.3 cm³/mol. The van der Waals surface area contributed by atoms with Crippen molar-refractivity contribution in [2.45, 2.75) is 6.92 Å². The maximum atomic E-state index is 11.0. The van der Waals surface area contributed by atoms with Crippen LogP contribution in [0.5, 0.6) is 0 Å². The maximum Gasteiger partial charge on any atom is 0.177 e. The highest BCUT2D eigenvalue weighted by molar-refractivity contribution is 6.07. The molecule has 0 saturated heterocycles. The molecule has 1 heterocycles. The molecule has 60 valence electrons. The van der Waals surface area contributed by atoms with Crippen LogP contribution in [0.4, 0.5) is 0 Å². The Hall–Kier alpha value is -1.44. The van der Waals surface area contributed by atoms with Crippen molar-refractivity contribution in [3.63, 3.8) is 0 Å². The molecule has 0 bridgehead atoms. The summed E-state index contributed by atoms with van der Waals surface area (Å²) >= 11 is 0. The Balaban J connectivity index is 2.81. The van der Waals surface area contributed by atoms with Crippen LogP contribution in [0.3, 0.4) is 0 Å². The second-order valence-corrected chi connectivity index (χ2v) is 2.99. The van der Waals surface area contributed by atoms with Gasteiger partial charge in [-0.1, -0.05) is 11.6 Å². The Bertz CT molecular complexity index is 445. The average Bonchev–Trinajstić information content (AvgIpc) is 2.03. The molecule has 1 aromatic carbocycles. The van der Waals surface area contributed by atoms with E-state index in [-0.39, 0.29) is 5.78 Å². The molecule has 0 N–H and O–H groups in total. The van der Waals surface area contributed by atoms with Gasteiger partial charge in [-0.05, 0) is 25.1 Å². The largest absolute Gasteiger partial charge is 0.293 e. The molecule has 0 aromatic heterocycles. The summed E-state index contributed by atoms with van der Waals surface area (Å²) in [6, 6.07) is 5.94. The van der Waals surface area contributed by atoms with E-state index in [0.717, 1.165) is 16.1 Å². The topological polar surface area (TPSA) is 29.4 Å². The van der Waals surface area contributed by atoms with E-state index < -0.39 is 0 Å². The fraction of sp³-hybridized carbons (Fsp3) is 0.200. The number of hydrogen-bond acceptors (Lipinski definition) is 2. The molecule has 0 spiro atoms. The number of carbonyl (C=O) groups is 1. The smallest absolute Gasteiger partial charge is 0.177 e. The summed E-state index contributed by atoms with van der Waals surface area (Å²) in [5, 5.41) is 1.88. The molecular weight excluding hydrogens is 150 g/mol. The zero-order chi connectivity index (χ0) is 8.55. The number of hydrogen-bond donors (Lipinski definition) is 0. The minimum absolute atomic E-state index is 0.0908. The third kappa shape index (κ3) is 1.16. The molecule has 12 heavy (non-hydrogen) atoms. The lowest BCUT2D eigenvalue weighted by atomic mass is 10.1. The van der Waals surface area contributed by atoms with Gasteiger partial charge in [-0.15, -0.1) is 0 Å². The summed E-state index contributed by atoms with van der Waals surface area (Å²) in [6.45, 7) is 2.31. The lowest BCUT2D eigenvalue weighted by Gasteiger charge is -1.98. The fourth-order valence-corrected chi connectivity index (χ4v) is 1.32. The monoisotopic (exact) mass is 159 g/mol. The van der Waals surface area contributed by atoms with E-state index in [1.54, 1.807) is 6.08 Å². The van der Waals surface area contributed by atoms with E-state index in [1.807, 2.05) is 25.1 Å². The van der Waals surface area contributed by atoms with Gasteiger partial charge in [-0.2, -0.15) is 0 Å². The van der Waals surface area contributed by atoms with Gasteiger partial charge >= 0.3 is 0 Å². The highest BCUT2D eigenvalue weighted by Crippen LogP contribution is 1.89. The van der Waals surface area contributed by atoms with Gasteiger partial charge in [0.1, 0.15) is 6.54 Å². The molecule has 0 radical (unpaired) electrons. The van der Waals surface area contributed by atoms with E-state index in [1.165, 1.54) is 0 Å². The zero-order valence-corrected chi connectivity index (χ0v) is 6.87. The standard InChI is InChI=1S/C10H9NO/c1-7-2-3-10-8(4-7)5-9(12)6-11-10/h2-5H,6H2,1H3. The van der Waals surface area contributed by atoms with Crippen molar-refractivity contribution in [1.29, 1.82) is 0 Å². The lowest BCUT2D eigenvalue weighted by molar-refractivity contribution is -0.112. The van der Waals surface area contributed by atoms with E-state index in [0.29, 0.717) is 6.54 Å². The van der Waals surface area contributed by atoms with Gasteiger partial charge in [0.25, 0.3) is 0 Å². The molecule has 0 atom stereocenters. The van der Waals surface area contributed by atoms with Gasteiger partial charge in [-0.3, -0.25) is 9.79 Å². The number of aryl methyl sites for hydroxylation is 1. The van der Waals surface area contributed by atoms with Crippen molar-refractivity contribution in [1.82, 2.24) is 0 Å². The Kier molecular flexibility index (Phi) is 1.54. The zero-order valence-electron chi connectivity index (χ0n) is 6.87. The van der Waals surface area contributed by atoms with Crippen molar-refractivity contribution >= 4 is 11.9 Å². The summed E-state index contributed by atoms with van der Waals surface area (Å²) in [6.07, 6.45) is 1.66. The molecule has 1 aromatic rings. The molecule has 0 unspecified atom stereocenters. The Morgan fingerprint density at radius 2 is 2.25 bits per heavy atom. The molecule has 2 rings (SSSR count). The van der Waals surface area contributed by atoms with E-state index in [9.17, 15) is 4.79 Å². The van der Waals surface area contributed by atoms with Crippen LogP contribution < -0.4 is 10.6 Å². The highest BCUT2D eigenvalue weighted by Gasteiger charge is 2.01. The quantitative estimate of drug-likeness (QED) is 0.523. The number of Topliss-reactive ketones (excluding diaryl/α,β-unsaturated/α-hetero) is 1. The van der Waals surface area contributed by atoms with Crippen molar-refractivity contribution in [3.8, 4) is 0 Å². The van der Waals surface area contributed by atoms with Gasteiger partial charge in [-0.25, -0.2) is 0 Å². The first-order valence-corrected chi connectivity index (χ1v) is 3.91. The summed E-state index contributed by atoms with van der Waals surface area (Å²) in [5.74, 6) is 0.0908. The number of carbonyl (C=O) groups excluding carboxylic acids is 1. The summed E-state index contributed by atoms with van der Waals surface area (Å²) in [5.41, 5.74) is 1.16. The van der Waals surface area contributed by atoms with Crippen molar-refractivity contribution in [2.75, 3.05) is 6.54 Å². The Morgan fingerprint density at radius 3 is 3.08 bits per heavy atom. The number of rotatable bonds is 0. The molecule has 0 saturated carbocycles. The first kappa shape index (κ1) is 7.22. The van der Waals surface area contributed by atoms with Crippen LogP contribution in [-0.4, -0.2) is 12.3 Å². The lowest BCUT2D eigenvalue weighted by Crippen LogP contribution is -2.31. The highest BCUT2D eigenvalue weighted by atomic mass is 16.1. The van der Waals surface area contributed by atoms with Crippen LogP contribution in [0.2, 0.25) is 0 Å². The summed E-state index contributed by atoms with van der Waals surface area (Å²) < 4.78 is 0. The Morgan fingerprint density at radius 1 is 1.42 bits per heavy atom. The van der Waals surface area contributed by atoms with Gasteiger partial charge in [0.05, 0.1) is 5.36 Å². The van der Waals surface area contributed by atoms with Crippen LogP contribution >= 0.6 is 0 Å². The summed E-state index contributed by atoms with van der Waals surface area (Å²) in [7, 11) is 0. The first-order chi connectivity index (χ1) is 5.75. The van der Waals surface area contributed by atoms with Gasteiger partial charge in [0, 0.05) is 5.22 Å². The maximum absolute atomic E-state index is 11.0. The molecule has 0 aliphatic carbocycles. The predicted octanol–water partition coefficient (Wildman–Crippen LogP) is -0.0222. The molecule has 1 aliphatic heterocycles. The second kappa shape index (κ2) is 2.55. The van der Waals surface area contributed by atoms with Crippen LogP contribution in [0, 0.1) is 6.92 Å². The number of benzene rings is 1. The normalized spacial score (nSPS) is 14.6. The van der Waals surface area contributed by atoms with E-state index in [4.69, 9.17) is 0 Å². The first-order valence-electron chi connectivity index (χ1n) is 3.91. The number of ketones is 1. The third-order valence-electron chi connectivity index (χ3n) is 1.90. The SMILES string of the molecule is Cc1ccc2c(c1)=CC(=O)CN=2. The van der Waals surface area contributed by atoms with Crippen LogP contribution in [0.25, 0.3) is 6.08 Å². The van der Waals surface area contributed by atoms with Gasteiger partial charge in [0.15, 0.2) is 5.78 Å². The van der Waals surface area contributed by atoms with E-state index >= 15 is 0 Å². The number of fused-ring (bicyclic) bond motifs is 1. The van der Waals surface area contributed by atoms with Crippen molar-refractivity contribution in [3.05, 3.63) is 34.3 Å². The number of nitrogens with zero attached hydrogens (tertiary/aromatic N) is 1. The Labute approximate surface area is 70.3 Å². The molecule has 0 fully saturated rings. The third-order valence-corrected chi connectivity index (χ3v) is 1.90. The summed E-state index contributed by atoms with van der Waals surface area (Å²) in [4.78, 5) is 15.1. The van der Waals surface area contributed by atoms with Crippen LogP contribution in [-0.2, 0) is 4.79 Å². The van der Waals surface area contributed by atoms with Crippen molar-refractivity contribution < 1.29 is 4.79 Å². The van der Waals surface area contributed by atoms with Crippen LogP contribution in [0.15, 0.2) is 23.2 Å². The van der Waals surface area contributed by atoms with Gasteiger partial charge < -0.3 is 0 Å². The van der Waals surface area contributed by atoms with E-state index in [2.05, 4.69) is 4.99 Å². The fourth-order valence-electron chi connectivity index (χ4n) is 1.32. The molecule has 0 amide bonds. The van der Waals surface area contributed by atoms with Gasteiger partial charge in [0.2, 0.25) is 0 Å². The minimum Gasteiger partial charge on any atom is -0.293 e. The molecule has 2 nitrogen and oxygen atoms in total. The molecular formula is C10H9NO. The second-order valence-electron chi connectivity index (χ2n) is 2.99. The molecule has 1 aliphatic rings. The minimum atomic E-state index is 0.0908. The van der Waals surface area contributed by atoms with Crippen LogP contribution in [0.1, 0.15) is 5.56 Å². The molecule has 2 heteroatoms.